The Hall–Kier alpha value is -0.810. The molecule has 3 aliphatic heterocycles. The topological polar surface area (TPSA) is 40.1 Å². The first-order valence-corrected chi connectivity index (χ1v) is 9.39. The van der Waals surface area contributed by atoms with Gasteiger partial charge in [0.25, 0.3) is 0 Å². The molecule has 0 amide bonds. The molecule has 0 saturated carbocycles. The van der Waals surface area contributed by atoms with Crippen molar-refractivity contribution in [3.63, 3.8) is 0 Å². The highest BCUT2D eigenvalue weighted by Crippen LogP contribution is 2.38. The molecule has 23 heavy (non-hydrogen) atoms. The van der Waals surface area contributed by atoms with Crippen molar-refractivity contribution in [1.29, 1.82) is 0 Å². The van der Waals surface area contributed by atoms with E-state index in [1.165, 1.54) is 38.8 Å². The Morgan fingerprint density at radius 2 is 2.22 bits per heavy atom. The van der Waals surface area contributed by atoms with Crippen LogP contribution in [0.2, 0.25) is 0 Å². The van der Waals surface area contributed by atoms with Crippen LogP contribution in [0.5, 0.6) is 0 Å². The second-order valence-electron chi connectivity index (χ2n) is 8.09. The zero-order valence-electron chi connectivity index (χ0n) is 15.2. The molecule has 1 spiro atoms. The van der Waals surface area contributed by atoms with Crippen LogP contribution in [-0.2, 0) is 4.74 Å². The minimum absolute atomic E-state index is 0.397. The molecule has 3 fully saturated rings. The highest BCUT2D eigenvalue weighted by molar-refractivity contribution is 5.80. The normalized spacial score (nSPS) is 32.6. The number of hydrogen-bond acceptors (Lipinski definition) is 3. The van der Waals surface area contributed by atoms with Gasteiger partial charge in [0.1, 0.15) is 0 Å². The van der Waals surface area contributed by atoms with Crippen LogP contribution in [0.4, 0.5) is 0 Å². The SMILES string of the molecule is CN=C(NC[C@H]1CCCN1CC(C)C)N1CCC2(CCOC2)C1. The van der Waals surface area contributed by atoms with E-state index in [1.807, 2.05) is 7.05 Å². The van der Waals surface area contributed by atoms with Gasteiger partial charge in [0.15, 0.2) is 5.96 Å². The first-order valence-electron chi connectivity index (χ1n) is 9.39. The summed E-state index contributed by atoms with van der Waals surface area (Å²) >= 11 is 0. The molecule has 0 bridgehead atoms. The van der Waals surface area contributed by atoms with Gasteiger partial charge in [0, 0.05) is 51.3 Å². The summed E-state index contributed by atoms with van der Waals surface area (Å²) in [7, 11) is 1.92. The average Bonchev–Trinajstić information content (AvgIpc) is 3.24. The lowest BCUT2D eigenvalue weighted by Crippen LogP contribution is -2.47. The number of hydrogen-bond donors (Lipinski definition) is 1. The predicted molar refractivity (Wildman–Crippen MR) is 94.9 cm³/mol. The maximum atomic E-state index is 5.64. The molecule has 3 aliphatic rings. The van der Waals surface area contributed by atoms with Gasteiger partial charge in [0.2, 0.25) is 0 Å². The zero-order chi connectivity index (χ0) is 16.3. The first kappa shape index (κ1) is 17.0. The third kappa shape index (κ3) is 4.00. The molecule has 5 nitrogen and oxygen atoms in total. The van der Waals surface area contributed by atoms with Gasteiger partial charge in [-0.05, 0) is 38.1 Å². The van der Waals surface area contributed by atoms with Crippen LogP contribution in [0.15, 0.2) is 4.99 Å². The highest BCUT2D eigenvalue weighted by atomic mass is 16.5. The molecule has 0 aromatic carbocycles. The maximum absolute atomic E-state index is 5.64. The Kier molecular flexibility index (Phi) is 5.47. The van der Waals surface area contributed by atoms with Crippen LogP contribution in [-0.4, -0.2) is 74.8 Å². The van der Waals surface area contributed by atoms with Gasteiger partial charge >= 0.3 is 0 Å². The highest BCUT2D eigenvalue weighted by Gasteiger charge is 2.42. The molecule has 2 atom stereocenters. The van der Waals surface area contributed by atoms with E-state index in [-0.39, 0.29) is 0 Å². The van der Waals surface area contributed by atoms with E-state index in [0.717, 1.165) is 44.7 Å². The minimum atomic E-state index is 0.397. The first-order chi connectivity index (χ1) is 11.1. The minimum Gasteiger partial charge on any atom is -0.381 e. The summed E-state index contributed by atoms with van der Waals surface area (Å²) in [5.41, 5.74) is 0.397. The molecule has 0 aliphatic carbocycles. The van der Waals surface area contributed by atoms with Gasteiger partial charge in [0.05, 0.1) is 6.61 Å². The summed E-state index contributed by atoms with van der Waals surface area (Å²) in [4.78, 5) is 9.64. The average molecular weight is 322 g/mol. The summed E-state index contributed by atoms with van der Waals surface area (Å²) in [5.74, 6) is 1.83. The number of guanidine groups is 1. The lowest BCUT2D eigenvalue weighted by atomic mass is 9.87. The Bertz CT molecular complexity index is 417. The molecule has 3 saturated heterocycles. The standard InChI is InChI=1S/C18H34N4O/c1-15(2)12-21-8-4-5-16(21)11-20-17(19-3)22-9-6-18(13-22)7-10-23-14-18/h15-16H,4-14H2,1-3H3,(H,19,20)/t16-,18?/m1/s1. The van der Waals surface area contributed by atoms with Gasteiger partial charge in [-0.25, -0.2) is 0 Å². The Balaban J connectivity index is 1.50. The fraction of sp³-hybridized carbons (Fsp3) is 0.944. The molecule has 3 rings (SSSR count). The van der Waals surface area contributed by atoms with Crippen molar-refractivity contribution in [2.75, 3.05) is 53.0 Å². The van der Waals surface area contributed by atoms with Crippen LogP contribution in [0, 0.1) is 11.3 Å². The van der Waals surface area contributed by atoms with Crippen molar-refractivity contribution in [2.45, 2.75) is 45.6 Å². The number of rotatable bonds is 4. The van der Waals surface area contributed by atoms with Gasteiger partial charge in [-0.3, -0.25) is 9.89 Å². The van der Waals surface area contributed by atoms with Gasteiger partial charge in [-0.2, -0.15) is 0 Å². The quantitative estimate of drug-likeness (QED) is 0.633. The molecule has 5 heteroatoms. The lowest BCUT2D eigenvalue weighted by Gasteiger charge is -2.29. The molecule has 0 aromatic heterocycles. The van der Waals surface area contributed by atoms with Crippen LogP contribution < -0.4 is 5.32 Å². The summed E-state index contributed by atoms with van der Waals surface area (Å²) < 4.78 is 5.64. The molecule has 132 valence electrons. The van der Waals surface area contributed by atoms with E-state index in [0.29, 0.717) is 11.5 Å². The molecule has 1 N–H and O–H groups in total. The molecule has 0 radical (unpaired) electrons. The van der Waals surface area contributed by atoms with Crippen LogP contribution in [0.3, 0.4) is 0 Å². The molecule has 1 unspecified atom stereocenters. The summed E-state index contributed by atoms with van der Waals surface area (Å²) in [6, 6.07) is 0.667. The van der Waals surface area contributed by atoms with Crippen molar-refractivity contribution in [2.24, 2.45) is 16.3 Å². The second-order valence-corrected chi connectivity index (χ2v) is 8.09. The van der Waals surface area contributed by atoms with Crippen molar-refractivity contribution >= 4 is 5.96 Å². The van der Waals surface area contributed by atoms with Crippen molar-refractivity contribution < 1.29 is 4.74 Å². The number of ether oxygens (including phenoxy) is 1. The van der Waals surface area contributed by atoms with Gasteiger partial charge in [-0.15, -0.1) is 0 Å². The molecule has 0 aromatic rings. The third-order valence-electron chi connectivity index (χ3n) is 5.73. The number of nitrogens with one attached hydrogen (secondary N) is 1. The monoisotopic (exact) mass is 322 g/mol. The summed E-state index contributed by atoms with van der Waals surface area (Å²) in [6.45, 7) is 12.2. The zero-order valence-corrected chi connectivity index (χ0v) is 15.2. The van der Waals surface area contributed by atoms with Gasteiger partial charge in [-0.1, -0.05) is 13.8 Å². The predicted octanol–water partition coefficient (Wildman–Crippen LogP) is 1.79. The van der Waals surface area contributed by atoms with Crippen molar-refractivity contribution in [1.82, 2.24) is 15.1 Å². The summed E-state index contributed by atoms with van der Waals surface area (Å²) in [5, 5.41) is 3.66. The maximum Gasteiger partial charge on any atom is 0.193 e. The Morgan fingerprint density at radius 1 is 1.35 bits per heavy atom. The van der Waals surface area contributed by atoms with E-state index in [9.17, 15) is 0 Å². The number of likely N-dealkylation sites (tertiary alicyclic amines) is 2. The van der Waals surface area contributed by atoms with Crippen LogP contribution in [0.25, 0.3) is 0 Å². The fourth-order valence-electron chi connectivity index (χ4n) is 4.46. The van der Waals surface area contributed by atoms with Gasteiger partial charge < -0.3 is 15.0 Å². The fourth-order valence-corrected chi connectivity index (χ4v) is 4.46. The second kappa shape index (κ2) is 7.39. The molecular weight excluding hydrogens is 288 g/mol. The Labute approximate surface area is 141 Å². The number of nitrogens with zero attached hydrogens (tertiary/aromatic N) is 3. The van der Waals surface area contributed by atoms with Crippen molar-refractivity contribution in [3.05, 3.63) is 0 Å². The largest absolute Gasteiger partial charge is 0.381 e. The van der Waals surface area contributed by atoms with Crippen molar-refractivity contribution in [3.8, 4) is 0 Å². The third-order valence-corrected chi connectivity index (χ3v) is 5.73. The van der Waals surface area contributed by atoms with E-state index >= 15 is 0 Å². The summed E-state index contributed by atoms with van der Waals surface area (Å²) in [6.07, 6.45) is 5.11. The van der Waals surface area contributed by atoms with Crippen LogP contribution >= 0.6 is 0 Å². The van der Waals surface area contributed by atoms with E-state index in [2.05, 4.69) is 34.0 Å². The lowest BCUT2D eigenvalue weighted by molar-refractivity contribution is 0.156. The molecular formula is C18H34N4O. The van der Waals surface area contributed by atoms with E-state index < -0.39 is 0 Å². The number of aliphatic imine (C=N–C) groups is 1. The van der Waals surface area contributed by atoms with E-state index in [4.69, 9.17) is 4.74 Å². The van der Waals surface area contributed by atoms with Crippen LogP contribution in [0.1, 0.15) is 39.5 Å². The molecule has 3 heterocycles. The Morgan fingerprint density at radius 3 is 2.91 bits per heavy atom. The smallest absolute Gasteiger partial charge is 0.193 e. The van der Waals surface area contributed by atoms with E-state index in [1.54, 1.807) is 0 Å².